The molecule has 4 aliphatic rings. The molecule has 5 nitrogen and oxygen atoms in total. The van der Waals surface area contributed by atoms with Gasteiger partial charge in [-0.25, -0.2) is 0 Å². The maximum atomic E-state index is 13.3. The van der Waals surface area contributed by atoms with Gasteiger partial charge in [0.05, 0.1) is 6.61 Å². The first-order valence-electron chi connectivity index (χ1n) is 14.5. The highest BCUT2D eigenvalue weighted by Crippen LogP contribution is 2.67. The summed E-state index contributed by atoms with van der Waals surface area (Å²) in [6.07, 6.45) is 13.0. The molecule has 0 spiro atoms. The smallest absolute Gasteiger partial charge is 0.302 e. The number of carbonyl (C=O) groups excluding carboxylic acids is 3. The van der Waals surface area contributed by atoms with E-state index in [-0.39, 0.29) is 40.7 Å². The van der Waals surface area contributed by atoms with Crippen LogP contribution in [0.25, 0.3) is 0 Å². The van der Waals surface area contributed by atoms with Gasteiger partial charge in [0.25, 0.3) is 0 Å². The Morgan fingerprint density at radius 3 is 2.44 bits per heavy atom. The number of fused-ring (bicyclic) bond motifs is 5. The molecule has 9 unspecified atom stereocenters. The standard InChI is InChI=1S/C31H48O5/c1-19(18-35-21(3)32)7-12-29(34)20(2)26-10-11-27-25-9-8-23-17-24(36-22(4)33)13-15-30(23,5)28(25)14-16-31(26,27)6/h8,19-20,24-28H,7,9-18H2,1-6H3. The van der Waals surface area contributed by atoms with Crippen LogP contribution in [0.3, 0.4) is 0 Å². The second-order valence-electron chi connectivity index (χ2n) is 13.2. The lowest BCUT2D eigenvalue weighted by Crippen LogP contribution is -2.51. The molecule has 0 aromatic rings. The van der Waals surface area contributed by atoms with E-state index in [1.165, 1.54) is 45.1 Å². The van der Waals surface area contributed by atoms with Crippen LogP contribution in [0.2, 0.25) is 0 Å². The summed E-state index contributed by atoms with van der Waals surface area (Å²) in [5.41, 5.74) is 2.01. The van der Waals surface area contributed by atoms with E-state index in [9.17, 15) is 14.4 Å². The summed E-state index contributed by atoms with van der Waals surface area (Å²) < 4.78 is 10.7. The summed E-state index contributed by atoms with van der Waals surface area (Å²) in [4.78, 5) is 35.9. The third-order valence-corrected chi connectivity index (χ3v) is 11.0. The van der Waals surface area contributed by atoms with Crippen molar-refractivity contribution in [1.29, 1.82) is 0 Å². The van der Waals surface area contributed by atoms with Gasteiger partial charge in [0, 0.05) is 32.6 Å². The Balaban J connectivity index is 1.41. The molecule has 3 fully saturated rings. The van der Waals surface area contributed by atoms with Gasteiger partial charge in [0.2, 0.25) is 0 Å². The fourth-order valence-electron chi connectivity index (χ4n) is 9.01. The predicted octanol–water partition coefficient (Wildman–Crippen LogP) is 6.68. The third kappa shape index (κ3) is 5.18. The summed E-state index contributed by atoms with van der Waals surface area (Å²) in [5, 5.41) is 0. The summed E-state index contributed by atoms with van der Waals surface area (Å²) >= 11 is 0. The lowest BCUT2D eigenvalue weighted by atomic mass is 9.47. The molecular formula is C31H48O5. The number of carbonyl (C=O) groups is 3. The van der Waals surface area contributed by atoms with Crippen molar-refractivity contribution in [2.75, 3.05) is 6.61 Å². The maximum Gasteiger partial charge on any atom is 0.302 e. The molecule has 0 radical (unpaired) electrons. The lowest BCUT2D eigenvalue weighted by Gasteiger charge is -2.58. The zero-order valence-electron chi connectivity index (χ0n) is 23.4. The van der Waals surface area contributed by atoms with Crippen molar-refractivity contribution >= 4 is 17.7 Å². The summed E-state index contributed by atoms with van der Waals surface area (Å²) in [6.45, 7) is 12.6. The van der Waals surface area contributed by atoms with E-state index in [2.05, 4.69) is 33.8 Å². The van der Waals surface area contributed by atoms with Crippen LogP contribution in [-0.4, -0.2) is 30.4 Å². The number of hydrogen-bond acceptors (Lipinski definition) is 5. The van der Waals surface area contributed by atoms with E-state index >= 15 is 0 Å². The Labute approximate surface area is 218 Å². The molecule has 5 heteroatoms. The van der Waals surface area contributed by atoms with Crippen molar-refractivity contribution in [3.05, 3.63) is 11.6 Å². The molecule has 4 rings (SSSR count). The number of esters is 2. The van der Waals surface area contributed by atoms with Crippen molar-refractivity contribution < 1.29 is 23.9 Å². The molecule has 0 aromatic heterocycles. The first-order valence-corrected chi connectivity index (χ1v) is 14.5. The van der Waals surface area contributed by atoms with Crippen molar-refractivity contribution in [3.8, 4) is 0 Å². The largest absolute Gasteiger partial charge is 0.466 e. The number of ether oxygens (including phenoxy) is 2. The highest BCUT2D eigenvalue weighted by molar-refractivity contribution is 5.81. The third-order valence-electron chi connectivity index (χ3n) is 11.0. The Morgan fingerprint density at radius 2 is 1.75 bits per heavy atom. The molecule has 0 aliphatic heterocycles. The molecule has 0 saturated heterocycles. The zero-order valence-corrected chi connectivity index (χ0v) is 23.4. The number of hydrogen-bond donors (Lipinski definition) is 0. The second-order valence-corrected chi connectivity index (χ2v) is 13.2. The van der Waals surface area contributed by atoms with Crippen LogP contribution in [0.1, 0.15) is 106 Å². The van der Waals surface area contributed by atoms with Crippen LogP contribution in [-0.2, 0) is 23.9 Å². The average molecular weight is 501 g/mol. The molecule has 3 saturated carbocycles. The van der Waals surface area contributed by atoms with Crippen molar-refractivity contribution in [1.82, 2.24) is 0 Å². The minimum atomic E-state index is -0.252. The normalized spacial score (nSPS) is 39.1. The average Bonchev–Trinajstić information content (AvgIpc) is 3.17. The fourth-order valence-corrected chi connectivity index (χ4v) is 9.01. The molecule has 36 heavy (non-hydrogen) atoms. The van der Waals surface area contributed by atoms with Crippen LogP contribution in [0.15, 0.2) is 11.6 Å². The number of ketones is 1. The van der Waals surface area contributed by atoms with Gasteiger partial charge in [-0.2, -0.15) is 0 Å². The topological polar surface area (TPSA) is 69.7 Å². The Hall–Kier alpha value is -1.65. The lowest BCUT2D eigenvalue weighted by molar-refractivity contribution is -0.148. The van der Waals surface area contributed by atoms with E-state index in [1.807, 2.05) is 0 Å². The molecule has 9 atom stereocenters. The van der Waals surface area contributed by atoms with Gasteiger partial charge >= 0.3 is 11.9 Å². The van der Waals surface area contributed by atoms with Crippen LogP contribution in [0.4, 0.5) is 0 Å². The monoisotopic (exact) mass is 500 g/mol. The maximum absolute atomic E-state index is 13.3. The van der Waals surface area contributed by atoms with Crippen LogP contribution >= 0.6 is 0 Å². The van der Waals surface area contributed by atoms with Gasteiger partial charge in [-0.3, -0.25) is 14.4 Å². The summed E-state index contributed by atoms with van der Waals surface area (Å²) in [6, 6.07) is 0. The Kier molecular flexibility index (Phi) is 8.07. The molecule has 0 aromatic carbocycles. The van der Waals surface area contributed by atoms with E-state index < -0.39 is 0 Å². The SMILES string of the molecule is CC(=O)OCC(C)CCC(=O)C(C)C1CCC2C3CC=C4CC(OC(C)=O)CCC4(C)C3CCC12C. The van der Waals surface area contributed by atoms with Crippen molar-refractivity contribution in [3.63, 3.8) is 0 Å². The van der Waals surface area contributed by atoms with E-state index in [0.29, 0.717) is 42.5 Å². The molecule has 0 amide bonds. The molecule has 202 valence electrons. The van der Waals surface area contributed by atoms with E-state index in [4.69, 9.17) is 9.47 Å². The van der Waals surface area contributed by atoms with Crippen LogP contribution in [0.5, 0.6) is 0 Å². The highest BCUT2D eigenvalue weighted by Gasteiger charge is 2.59. The van der Waals surface area contributed by atoms with Crippen molar-refractivity contribution in [2.45, 2.75) is 112 Å². The van der Waals surface area contributed by atoms with Gasteiger partial charge < -0.3 is 9.47 Å². The Morgan fingerprint density at radius 1 is 1.00 bits per heavy atom. The van der Waals surface area contributed by atoms with Gasteiger partial charge in [0.15, 0.2) is 0 Å². The second kappa shape index (κ2) is 10.6. The number of Topliss-reactive ketones (excluding diaryl/α,β-unsaturated/α-hetero) is 1. The minimum Gasteiger partial charge on any atom is -0.466 e. The molecular weight excluding hydrogens is 452 g/mol. The zero-order chi connectivity index (χ0) is 26.3. The van der Waals surface area contributed by atoms with Crippen LogP contribution in [0, 0.1) is 46.3 Å². The quantitative estimate of drug-likeness (QED) is 0.275. The Bertz CT molecular complexity index is 891. The number of allylic oxidation sites excluding steroid dienone is 1. The van der Waals surface area contributed by atoms with Crippen molar-refractivity contribution in [2.24, 2.45) is 46.3 Å². The molecule has 0 N–H and O–H groups in total. The predicted molar refractivity (Wildman–Crippen MR) is 140 cm³/mol. The van der Waals surface area contributed by atoms with Gasteiger partial charge in [0.1, 0.15) is 11.9 Å². The van der Waals surface area contributed by atoms with Gasteiger partial charge in [-0.1, -0.05) is 39.3 Å². The first kappa shape index (κ1) is 27.4. The van der Waals surface area contributed by atoms with Gasteiger partial charge in [-0.15, -0.1) is 0 Å². The number of rotatable bonds is 8. The molecule has 0 bridgehead atoms. The van der Waals surface area contributed by atoms with E-state index in [1.54, 1.807) is 0 Å². The highest BCUT2D eigenvalue weighted by atomic mass is 16.5. The van der Waals surface area contributed by atoms with Gasteiger partial charge in [-0.05, 0) is 91.8 Å². The molecule has 0 heterocycles. The summed E-state index contributed by atoms with van der Waals surface area (Å²) in [5.74, 6) is 2.87. The van der Waals surface area contributed by atoms with E-state index in [0.717, 1.165) is 32.1 Å². The van der Waals surface area contributed by atoms with Crippen LogP contribution < -0.4 is 0 Å². The molecule has 4 aliphatic carbocycles. The summed E-state index contributed by atoms with van der Waals surface area (Å²) in [7, 11) is 0. The fraction of sp³-hybridized carbons (Fsp3) is 0.839. The minimum absolute atomic E-state index is 0.0479. The first-order chi connectivity index (χ1) is 17.0.